The van der Waals surface area contributed by atoms with Gasteiger partial charge >= 0.3 is 6.18 Å². The molecule has 188 valence electrons. The van der Waals surface area contributed by atoms with Gasteiger partial charge in [-0.25, -0.2) is 22.8 Å². The second-order valence-electron chi connectivity index (χ2n) is 8.81. The Kier molecular flexibility index (Phi) is 6.56. The number of hydrogen-bond acceptors (Lipinski definition) is 3. The predicted octanol–water partition coefficient (Wildman–Crippen LogP) is 6.68. The van der Waals surface area contributed by atoms with E-state index < -0.39 is 28.9 Å². The van der Waals surface area contributed by atoms with Crippen LogP contribution in [0.25, 0.3) is 5.57 Å². The Morgan fingerprint density at radius 2 is 1.86 bits per heavy atom. The molecule has 0 aliphatic heterocycles. The fourth-order valence-electron chi connectivity index (χ4n) is 4.05. The van der Waals surface area contributed by atoms with Gasteiger partial charge in [-0.05, 0) is 60.8 Å². The number of hydrogen-bond donors (Lipinski definition) is 1. The first-order chi connectivity index (χ1) is 16.1. The summed E-state index contributed by atoms with van der Waals surface area (Å²) in [4.78, 5) is 3.94. The quantitative estimate of drug-likeness (QED) is 0.359. The molecule has 0 fully saturated rings. The van der Waals surface area contributed by atoms with E-state index in [1.165, 1.54) is 6.33 Å². The Morgan fingerprint density at radius 3 is 2.34 bits per heavy atom. The molecule has 1 aromatic carbocycles. The van der Waals surface area contributed by atoms with Crippen molar-refractivity contribution in [2.45, 2.75) is 57.4 Å². The lowest BCUT2D eigenvalue weighted by Crippen LogP contribution is -2.51. The van der Waals surface area contributed by atoms with Gasteiger partial charge in [-0.2, -0.15) is 18.3 Å². The molecule has 0 saturated heterocycles. The largest absolute Gasteiger partial charge is 0.432 e. The fraction of sp³-hybridized carbons (Fsp3) is 0.360. The van der Waals surface area contributed by atoms with Crippen LogP contribution in [0.2, 0.25) is 0 Å². The van der Waals surface area contributed by atoms with Gasteiger partial charge < -0.3 is 5.73 Å². The van der Waals surface area contributed by atoms with Crippen LogP contribution in [0.4, 0.5) is 32.0 Å². The number of rotatable bonds is 6. The van der Waals surface area contributed by atoms with Gasteiger partial charge in [0.1, 0.15) is 18.2 Å². The van der Waals surface area contributed by atoms with Gasteiger partial charge in [-0.3, -0.25) is 0 Å². The van der Waals surface area contributed by atoms with Crippen molar-refractivity contribution in [1.82, 2.24) is 14.8 Å². The van der Waals surface area contributed by atoms with Crippen molar-refractivity contribution in [3.8, 4) is 0 Å². The van der Waals surface area contributed by atoms with E-state index in [2.05, 4.69) is 16.7 Å². The van der Waals surface area contributed by atoms with E-state index in [-0.39, 0.29) is 30.2 Å². The predicted molar refractivity (Wildman–Crippen MR) is 123 cm³/mol. The van der Waals surface area contributed by atoms with E-state index in [0.717, 1.165) is 12.1 Å². The number of anilines is 1. The summed E-state index contributed by atoms with van der Waals surface area (Å²) in [5.41, 5.74) is 1.35. The van der Waals surface area contributed by atoms with E-state index >= 15 is 4.39 Å². The molecule has 0 amide bonds. The van der Waals surface area contributed by atoms with Crippen LogP contribution in [-0.4, -0.2) is 26.9 Å². The Bertz CT molecular complexity index is 1200. The molecule has 0 radical (unpaired) electrons. The van der Waals surface area contributed by atoms with Gasteiger partial charge in [0.05, 0.1) is 0 Å². The maximum Gasteiger partial charge on any atom is 0.432 e. The van der Waals surface area contributed by atoms with Gasteiger partial charge in [0.15, 0.2) is 0 Å². The number of alkyl halides is 6. The summed E-state index contributed by atoms with van der Waals surface area (Å²) < 4.78 is 85.7. The molecular weight excluding hydrogens is 470 g/mol. The van der Waals surface area contributed by atoms with Gasteiger partial charge in [0, 0.05) is 23.7 Å². The minimum Gasteiger partial charge on any atom is -0.398 e. The summed E-state index contributed by atoms with van der Waals surface area (Å²) in [5, 5.41) is 4.14. The van der Waals surface area contributed by atoms with Gasteiger partial charge in [0.2, 0.25) is 0 Å². The molecule has 10 heteroatoms. The summed E-state index contributed by atoms with van der Waals surface area (Å²) in [6.07, 6.45) is 4.17. The second kappa shape index (κ2) is 8.73. The molecule has 35 heavy (non-hydrogen) atoms. The maximum absolute atomic E-state index is 15.2. The molecule has 1 aliphatic rings. The monoisotopic (exact) mass is 496 g/mol. The number of allylic oxidation sites excluding steroid dienone is 7. The first kappa shape index (κ1) is 26.3. The zero-order valence-electron chi connectivity index (χ0n) is 19.7. The molecule has 4 nitrogen and oxygen atoms in total. The highest BCUT2D eigenvalue weighted by Gasteiger charge is 2.70. The van der Waals surface area contributed by atoms with Crippen LogP contribution in [0.3, 0.4) is 0 Å². The van der Waals surface area contributed by atoms with Crippen molar-refractivity contribution in [1.29, 1.82) is 0 Å². The zero-order valence-corrected chi connectivity index (χ0v) is 19.7. The number of halogens is 6. The lowest BCUT2D eigenvalue weighted by atomic mass is 9.83. The Morgan fingerprint density at radius 1 is 1.20 bits per heavy atom. The van der Waals surface area contributed by atoms with Crippen molar-refractivity contribution in [2.75, 3.05) is 5.73 Å². The summed E-state index contributed by atoms with van der Waals surface area (Å²) >= 11 is 0. The molecule has 0 spiro atoms. The van der Waals surface area contributed by atoms with Crippen LogP contribution in [0.5, 0.6) is 0 Å². The van der Waals surface area contributed by atoms with Gasteiger partial charge in [0.25, 0.3) is 11.6 Å². The van der Waals surface area contributed by atoms with Crippen molar-refractivity contribution in [2.24, 2.45) is 0 Å². The molecule has 1 heterocycles. The van der Waals surface area contributed by atoms with E-state index in [1.54, 1.807) is 43.1 Å². The van der Waals surface area contributed by atoms with Crippen LogP contribution in [0.1, 0.15) is 44.4 Å². The van der Waals surface area contributed by atoms with Crippen molar-refractivity contribution in [3.63, 3.8) is 0 Å². The smallest absolute Gasteiger partial charge is 0.398 e. The Balaban J connectivity index is 2.10. The molecule has 3 rings (SSSR count). The molecule has 2 aromatic rings. The molecule has 1 aromatic heterocycles. The highest BCUT2D eigenvalue weighted by atomic mass is 19.4. The van der Waals surface area contributed by atoms with Crippen molar-refractivity contribution >= 4 is 11.3 Å². The van der Waals surface area contributed by atoms with E-state index in [1.807, 2.05) is 13.0 Å². The molecule has 0 bridgehead atoms. The SMILES string of the molecule is C=C1C=C(/C=C(\C)c2cc(C(F)(C(C)(F)F)C(F)(F)F)cc(CC)c2N)C=CC1(C)n1cncn1. The standard InChI is InChI=1S/C25H26F6N4/c1-6-18-11-19(24(28,23(5,26)27)25(29,30)31)12-20(21(18)32)15(2)9-17-7-8-22(4,16(3)10-17)35-14-33-13-34-35/h7-14H,3,6,32H2,1-2,4-5H3/b15-9+. The molecular formula is C25H26F6N4. The molecule has 2 atom stereocenters. The number of aromatic nitrogens is 3. The normalized spacial score (nSPS) is 21.1. The highest BCUT2D eigenvalue weighted by Crippen LogP contribution is 2.53. The van der Waals surface area contributed by atoms with Crippen LogP contribution >= 0.6 is 0 Å². The summed E-state index contributed by atoms with van der Waals surface area (Å²) in [7, 11) is 0. The van der Waals surface area contributed by atoms with Crippen LogP contribution in [-0.2, 0) is 17.6 Å². The van der Waals surface area contributed by atoms with Crippen LogP contribution in [0.15, 0.2) is 66.8 Å². The summed E-state index contributed by atoms with van der Waals surface area (Å²) in [6.45, 7) is 9.02. The third kappa shape index (κ3) is 4.41. The zero-order chi connectivity index (χ0) is 26.4. The summed E-state index contributed by atoms with van der Waals surface area (Å²) in [5.74, 6) is -4.72. The number of nitrogens with zero attached hydrogens (tertiary/aromatic N) is 3. The highest BCUT2D eigenvalue weighted by molar-refractivity contribution is 5.79. The van der Waals surface area contributed by atoms with Gasteiger partial charge in [-0.1, -0.05) is 31.7 Å². The average Bonchev–Trinajstić information content (AvgIpc) is 3.30. The number of benzene rings is 1. The van der Waals surface area contributed by atoms with Crippen LogP contribution in [0, 0.1) is 0 Å². The van der Waals surface area contributed by atoms with E-state index in [0.29, 0.717) is 16.7 Å². The topological polar surface area (TPSA) is 56.7 Å². The summed E-state index contributed by atoms with van der Waals surface area (Å²) in [6, 6.07) is 1.52. The minimum atomic E-state index is -5.85. The van der Waals surface area contributed by atoms with Gasteiger partial charge in [-0.15, -0.1) is 0 Å². The lowest BCUT2D eigenvalue weighted by Gasteiger charge is -2.34. The van der Waals surface area contributed by atoms with E-state index in [9.17, 15) is 22.0 Å². The average molecular weight is 496 g/mol. The molecule has 2 N–H and O–H groups in total. The minimum absolute atomic E-state index is 0.0411. The second-order valence-corrected chi connectivity index (χ2v) is 8.81. The maximum atomic E-state index is 15.2. The van der Waals surface area contributed by atoms with E-state index in [4.69, 9.17) is 5.73 Å². The van der Waals surface area contributed by atoms with Crippen molar-refractivity contribution in [3.05, 3.63) is 83.5 Å². The van der Waals surface area contributed by atoms with Crippen LogP contribution < -0.4 is 5.73 Å². The molecule has 0 saturated carbocycles. The number of nitrogens with two attached hydrogens (primary N) is 1. The first-order valence-corrected chi connectivity index (χ1v) is 10.8. The molecule has 2 unspecified atom stereocenters. The first-order valence-electron chi connectivity index (χ1n) is 10.8. The fourth-order valence-corrected chi connectivity index (χ4v) is 4.05. The molecule has 1 aliphatic carbocycles. The van der Waals surface area contributed by atoms with Crippen molar-refractivity contribution < 1.29 is 26.3 Å². The third-order valence-electron chi connectivity index (χ3n) is 6.33. The Hall–Kier alpha value is -3.30. The lowest BCUT2D eigenvalue weighted by molar-refractivity contribution is -0.304. The number of nitrogen functional groups attached to an aromatic ring is 1. The third-order valence-corrected chi connectivity index (χ3v) is 6.33. The number of aryl methyl sites for hydroxylation is 1. The Labute approximate surface area is 199 Å².